The van der Waals surface area contributed by atoms with E-state index in [0.29, 0.717) is 30.2 Å². The first-order valence-electron chi connectivity index (χ1n) is 9.23. The minimum Gasteiger partial charge on any atom is -0.465 e. The Bertz CT molecular complexity index is 854. The van der Waals surface area contributed by atoms with Crippen LogP contribution in [0.4, 0.5) is 4.79 Å². The molecule has 3 atom stereocenters. The van der Waals surface area contributed by atoms with Crippen molar-refractivity contribution in [2.75, 3.05) is 13.6 Å². The van der Waals surface area contributed by atoms with E-state index in [1.54, 1.807) is 0 Å². The van der Waals surface area contributed by atoms with E-state index in [0.717, 1.165) is 30.1 Å². The molecule has 3 N–H and O–H groups in total. The van der Waals surface area contributed by atoms with E-state index in [4.69, 9.17) is 9.63 Å². The third-order valence-corrected chi connectivity index (χ3v) is 6.40. The molecule has 2 aromatic heterocycles. The molecule has 11 heteroatoms. The van der Waals surface area contributed by atoms with Gasteiger partial charge in [0.2, 0.25) is 5.89 Å². The van der Waals surface area contributed by atoms with Crippen molar-refractivity contribution in [3.05, 3.63) is 27.8 Å². The minimum absolute atomic E-state index is 0.0159. The Morgan fingerprint density at radius 3 is 2.93 bits per heavy atom. The van der Waals surface area contributed by atoms with Gasteiger partial charge in [0, 0.05) is 30.3 Å². The van der Waals surface area contributed by atoms with Gasteiger partial charge in [-0.25, -0.2) is 9.78 Å². The summed E-state index contributed by atoms with van der Waals surface area (Å²) in [5, 5.41) is 18.7. The van der Waals surface area contributed by atoms with Gasteiger partial charge < -0.3 is 25.2 Å². The molecule has 10 nitrogen and oxygen atoms in total. The van der Waals surface area contributed by atoms with E-state index >= 15 is 0 Å². The van der Waals surface area contributed by atoms with Gasteiger partial charge in [0.05, 0.1) is 17.8 Å². The Morgan fingerprint density at radius 2 is 2.18 bits per heavy atom. The first-order chi connectivity index (χ1) is 13.5. The second kappa shape index (κ2) is 7.84. The topological polar surface area (TPSA) is 133 Å². The van der Waals surface area contributed by atoms with Crippen molar-refractivity contribution in [2.24, 2.45) is 0 Å². The predicted molar refractivity (Wildman–Crippen MR) is 99.2 cm³/mol. The van der Waals surface area contributed by atoms with E-state index in [2.05, 4.69) is 30.7 Å². The summed E-state index contributed by atoms with van der Waals surface area (Å²) in [6.45, 7) is 1.73. The van der Waals surface area contributed by atoms with Gasteiger partial charge in [-0.3, -0.25) is 4.79 Å². The molecule has 0 aromatic carbocycles. The fourth-order valence-corrected chi connectivity index (χ4v) is 4.99. The summed E-state index contributed by atoms with van der Waals surface area (Å²) in [6, 6.07) is -0.751. The fourth-order valence-electron chi connectivity index (χ4n) is 3.90. The number of rotatable bonds is 4. The minimum atomic E-state index is -1.10. The predicted octanol–water partition coefficient (Wildman–Crippen LogP) is 1.22. The molecule has 1 saturated carbocycles. The Balaban J connectivity index is 1.49. The van der Waals surface area contributed by atoms with Crippen molar-refractivity contribution >= 4 is 23.3 Å². The highest BCUT2D eigenvalue weighted by Crippen LogP contribution is 2.32. The molecule has 150 valence electrons. The lowest BCUT2D eigenvalue weighted by molar-refractivity contribution is 0.0903. The summed E-state index contributed by atoms with van der Waals surface area (Å²) in [6.07, 6.45) is 2.88. The smallest absolute Gasteiger partial charge is 0.404 e. The third-order valence-electron chi connectivity index (χ3n) is 5.32. The molecule has 0 spiro atoms. The largest absolute Gasteiger partial charge is 0.465 e. The maximum atomic E-state index is 12.8. The highest BCUT2D eigenvalue weighted by Gasteiger charge is 2.36. The highest BCUT2D eigenvalue weighted by molar-refractivity contribution is 7.13. The number of thiazole rings is 1. The molecule has 0 unspecified atom stereocenters. The normalized spacial score (nSPS) is 25.1. The van der Waals surface area contributed by atoms with Gasteiger partial charge in [-0.15, -0.1) is 11.3 Å². The Labute approximate surface area is 165 Å². The van der Waals surface area contributed by atoms with Crippen LogP contribution in [0, 0.1) is 0 Å². The fraction of sp³-hybridized carbons (Fsp3) is 0.588. The van der Waals surface area contributed by atoms with E-state index in [9.17, 15) is 9.59 Å². The molecule has 1 aliphatic heterocycles. The molecule has 2 aliphatic rings. The molecule has 0 saturated heterocycles. The van der Waals surface area contributed by atoms with Gasteiger partial charge in [0.1, 0.15) is 0 Å². The zero-order chi connectivity index (χ0) is 19.7. The maximum Gasteiger partial charge on any atom is 0.404 e. The molecule has 0 bridgehead atoms. The van der Waals surface area contributed by atoms with Crippen LogP contribution in [0.1, 0.15) is 51.4 Å². The average Bonchev–Trinajstić information content (AvgIpc) is 3.32. The lowest BCUT2D eigenvalue weighted by atomic mass is 9.82. The summed E-state index contributed by atoms with van der Waals surface area (Å²) >= 11 is 1.41. The number of likely N-dealkylation sites (N-methyl/N-ethyl adjacent to an activating group) is 1. The molecular formula is C17H22N6O4S. The van der Waals surface area contributed by atoms with Gasteiger partial charge in [-0.05, 0) is 26.3 Å². The second-order valence-electron chi connectivity index (χ2n) is 7.30. The Morgan fingerprint density at radius 1 is 1.32 bits per heavy atom. The number of nitrogens with one attached hydrogen (secondary N) is 2. The molecule has 1 aliphatic carbocycles. The molecular weight excluding hydrogens is 384 g/mol. The molecule has 3 heterocycles. The van der Waals surface area contributed by atoms with Gasteiger partial charge in [-0.2, -0.15) is 4.98 Å². The van der Waals surface area contributed by atoms with Gasteiger partial charge >= 0.3 is 6.09 Å². The first-order valence-corrected chi connectivity index (χ1v) is 10.0. The van der Waals surface area contributed by atoms with Crippen molar-refractivity contribution in [2.45, 2.75) is 50.2 Å². The molecule has 1 fully saturated rings. The number of fused-ring (bicyclic) bond motifs is 1. The molecule has 28 heavy (non-hydrogen) atoms. The van der Waals surface area contributed by atoms with Crippen molar-refractivity contribution in [1.29, 1.82) is 0 Å². The Kier molecular flexibility index (Phi) is 5.27. The summed E-state index contributed by atoms with van der Waals surface area (Å²) in [5.41, 5.74) is 0.987. The number of carbonyl (C=O) groups is 2. The number of nitrogens with zero attached hydrogens (tertiary/aromatic N) is 4. The monoisotopic (exact) mass is 406 g/mol. The zero-order valence-electron chi connectivity index (χ0n) is 15.4. The average molecular weight is 406 g/mol. The van der Waals surface area contributed by atoms with Crippen LogP contribution in [0.2, 0.25) is 0 Å². The number of aromatic nitrogens is 3. The summed E-state index contributed by atoms with van der Waals surface area (Å²) < 4.78 is 5.17. The molecule has 4 rings (SSSR count). The molecule has 0 radical (unpaired) electrons. The van der Waals surface area contributed by atoms with Crippen LogP contribution >= 0.6 is 11.3 Å². The van der Waals surface area contributed by atoms with E-state index < -0.39 is 6.09 Å². The SMILES string of the molecule is CN1CCc2nc(C(=O)N[C@@H]3C[C@@H](c4ncno4)CC[C@@H]3NC(=O)O)sc2C1. The van der Waals surface area contributed by atoms with Crippen LogP contribution in [-0.2, 0) is 13.0 Å². The number of carboxylic acid groups (broad SMARTS) is 1. The number of hydrogen-bond donors (Lipinski definition) is 3. The number of hydrogen-bond acceptors (Lipinski definition) is 8. The first kappa shape index (κ1) is 18.8. The summed E-state index contributed by atoms with van der Waals surface area (Å²) in [5.74, 6) is 0.231. The van der Waals surface area contributed by atoms with Gasteiger partial charge in [0.15, 0.2) is 11.3 Å². The van der Waals surface area contributed by atoms with Gasteiger partial charge in [0.25, 0.3) is 5.91 Å². The van der Waals surface area contributed by atoms with Crippen LogP contribution in [0.5, 0.6) is 0 Å². The van der Waals surface area contributed by atoms with E-state index in [-0.39, 0.29) is 23.9 Å². The standard InChI is InChI=1S/C17H22N6O4S/c1-23-5-4-11-13(7-23)28-16(21-11)14(24)20-12-6-9(15-18-8-19-27-15)2-3-10(12)22-17(25)26/h8-10,12,22H,2-7H2,1H3,(H,20,24)(H,25,26)/t9-,10-,12+/m0/s1. The van der Waals surface area contributed by atoms with Gasteiger partial charge in [-0.1, -0.05) is 5.16 Å². The zero-order valence-corrected chi connectivity index (χ0v) is 16.2. The van der Waals surface area contributed by atoms with Crippen molar-refractivity contribution < 1.29 is 19.2 Å². The number of amides is 2. The quantitative estimate of drug-likeness (QED) is 0.690. The van der Waals surface area contributed by atoms with Crippen molar-refractivity contribution in [3.8, 4) is 0 Å². The van der Waals surface area contributed by atoms with E-state index in [1.165, 1.54) is 17.7 Å². The van der Waals surface area contributed by atoms with E-state index in [1.807, 2.05) is 7.05 Å². The van der Waals surface area contributed by atoms with Crippen molar-refractivity contribution in [1.82, 2.24) is 30.7 Å². The highest BCUT2D eigenvalue weighted by atomic mass is 32.1. The van der Waals surface area contributed by atoms with Crippen LogP contribution in [0.25, 0.3) is 0 Å². The maximum absolute atomic E-state index is 12.8. The summed E-state index contributed by atoms with van der Waals surface area (Å²) in [4.78, 5) is 35.9. The van der Waals surface area contributed by atoms with Crippen molar-refractivity contribution in [3.63, 3.8) is 0 Å². The van der Waals surface area contributed by atoms with Crippen LogP contribution in [0.3, 0.4) is 0 Å². The lowest BCUT2D eigenvalue weighted by Crippen LogP contribution is -2.54. The molecule has 2 amide bonds. The Hall–Kier alpha value is -2.53. The lowest BCUT2D eigenvalue weighted by Gasteiger charge is -2.34. The van der Waals surface area contributed by atoms with Crippen LogP contribution in [-0.4, -0.2) is 62.8 Å². The molecule has 2 aromatic rings. The third kappa shape index (κ3) is 3.99. The van der Waals surface area contributed by atoms with Crippen LogP contribution < -0.4 is 10.6 Å². The van der Waals surface area contributed by atoms with Crippen LogP contribution in [0.15, 0.2) is 10.9 Å². The second-order valence-corrected chi connectivity index (χ2v) is 8.39. The number of carbonyl (C=O) groups excluding carboxylic acids is 1. The summed E-state index contributed by atoms with van der Waals surface area (Å²) in [7, 11) is 2.05.